The summed E-state index contributed by atoms with van der Waals surface area (Å²) in [5.74, 6) is 0.442. The second kappa shape index (κ2) is 6.57. The molecule has 1 aromatic rings. The van der Waals surface area contributed by atoms with Gasteiger partial charge in [0.15, 0.2) is 0 Å². The molecule has 0 atom stereocenters. The molecule has 0 aliphatic rings. The summed E-state index contributed by atoms with van der Waals surface area (Å²) in [6.45, 7) is 0. The molecule has 0 aliphatic carbocycles. The van der Waals surface area contributed by atoms with Crippen LogP contribution < -0.4 is 4.65 Å². The zero-order chi connectivity index (χ0) is 11.9. The van der Waals surface area contributed by atoms with Crippen LogP contribution in [0.25, 0.3) is 0 Å². The molecule has 0 saturated carbocycles. The Morgan fingerprint density at radius 3 is 1.80 bits per heavy atom. The highest BCUT2D eigenvalue weighted by Crippen LogP contribution is 2.25. The Balaban J connectivity index is 0.000000336. The Morgan fingerprint density at radius 1 is 1.07 bits per heavy atom. The second-order valence-corrected chi connectivity index (χ2v) is 3.30. The number of rotatable bonds is 2. The van der Waals surface area contributed by atoms with Gasteiger partial charge in [0.1, 0.15) is 5.75 Å². The summed E-state index contributed by atoms with van der Waals surface area (Å²) in [5, 5.41) is 16.7. The zero-order valence-electron chi connectivity index (χ0n) is 7.46. The molecular weight excluding hydrogens is 226 g/mol. The van der Waals surface area contributed by atoms with Crippen LogP contribution in [0.15, 0.2) is 30.3 Å². The standard InChI is InChI=1S/C6H7BO3.H3O4P/c8-7(9)10-6-4-2-1-3-5-6;1-5(2,3)4/h1-5,8-9H;(H3,1,2,3,4). The van der Waals surface area contributed by atoms with Crippen LogP contribution in [0.5, 0.6) is 5.75 Å². The lowest BCUT2D eigenvalue weighted by Crippen LogP contribution is -2.20. The van der Waals surface area contributed by atoms with Gasteiger partial charge in [-0.25, -0.2) is 4.57 Å². The maximum absolute atomic E-state index is 8.88. The van der Waals surface area contributed by atoms with Crippen LogP contribution in [0.3, 0.4) is 0 Å². The van der Waals surface area contributed by atoms with Crippen LogP contribution >= 0.6 is 7.82 Å². The van der Waals surface area contributed by atoms with Gasteiger partial charge in [0.25, 0.3) is 0 Å². The van der Waals surface area contributed by atoms with E-state index in [1.54, 1.807) is 24.3 Å². The van der Waals surface area contributed by atoms with E-state index in [0.717, 1.165) is 0 Å². The zero-order valence-corrected chi connectivity index (χ0v) is 8.36. The molecule has 5 N–H and O–H groups in total. The van der Waals surface area contributed by atoms with Gasteiger partial charge in [0.05, 0.1) is 0 Å². The van der Waals surface area contributed by atoms with E-state index in [1.807, 2.05) is 6.07 Å². The van der Waals surface area contributed by atoms with E-state index in [1.165, 1.54) is 0 Å². The third-order valence-corrected chi connectivity index (χ3v) is 0.985. The van der Waals surface area contributed by atoms with Crippen LogP contribution in [-0.2, 0) is 4.57 Å². The lowest BCUT2D eigenvalue weighted by atomic mass is 10.2. The fraction of sp³-hybridized carbons (Fsp3) is 0. The maximum Gasteiger partial charge on any atom is 0.707 e. The molecule has 0 aliphatic heterocycles. The number of hydrogen-bond acceptors (Lipinski definition) is 4. The number of benzene rings is 1. The van der Waals surface area contributed by atoms with Gasteiger partial charge in [0, 0.05) is 0 Å². The Kier molecular flexibility index (Phi) is 6.18. The summed E-state index contributed by atoms with van der Waals surface area (Å²) in [4.78, 5) is 21.6. The lowest BCUT2D eigenvalue weighted by Gasteiger charge is -2.01. The summed E-state index contributed by atoms with van der Waals surface area (Å²) >= 11 is 0. The predicted molar refractivity (Wildman–Crippen MR) is 51.5 cm³/mol. The van der Waals surface area contributed by atoms with Crippen LogP contribution in [-0.4, -0.2) is 32.0 Å². The van der Waals surface area contributed by atoms with Crippen LogP contribution in [0.4, 0.5) is 0 Å². The molecule has 0 amide bonds. The highest BCUT2D eigenvalue weighted by molar-refractivity contribution is 7.45. The molecule has 84 valence electrons. The summed E-state index contributed by atoms with van der Waals surface area (Å²) in [6.07, 6.45) is 0. The van der Waals surface area contributed by atoms with Crippen molar-refractivity contribution in [2.75, 3.05) is 0 Å². The van der Waals surface area contributed by atoms with Crippen molar-refractivity contribution >= 4 is 15.1 Å². The quantitative estimate of drug-likeness (QED) is 0.332. The van der Waals surface area contributed by atoms with E-state index < -0.39 is 15.1 Å². The molecule has 0 bridgehead atoms. The van der Waals surface area contributed by atoms with Gasteiger partial charge in [-0.1, -0.05) is 18.2 Å². The number of para-hydroxylation sites is 1. The highest BCUT2D eigenvalue weighted by Gasteiger charge is 2.09. The normalized spacial score (nSPS) is 9.93. The van der Waals surface area contributed by atoms with E-state index >= 15 is 0 Å². The number of phosphoric acid groups is 1. The topological polar surface area (TPSA) is 127 Å². The lowest BCUT2D eigenvalue weighted by molar-refractivity contribution is 0.275. The van der Waals surface area contributed by atoms with E-state index in [4.69, 9.17) is 29.3 Å². The van der Waals surface area contributed by atoms with Crippen molar-refractivity contribution in [2.24, 2.45) is 0 Å². The summed E-state index contributed by atoms with van der Waals surface area (Å²) < 4.78 is 13.4. The van der Waals surface area contributed by atoms with Gasteiger partial charge in [-0.15, -0.1) is 0 Å². The van der Waals surface area contributed by atoms with Gasteiger partial charge in [-0.3, -0.25) is 0 Å². The summed E-state index contributed by atoms with van der Waals surface area (Å²) in [7, 11) is -6.37. The molecule has 0 aromatic heterocycles. The first-order valence-corrected chi connectivity index (χ1v) is 5.21. The first-order valence-electron chi connectivity index (χ1n) is 3.65. The molecule has 15 heavy (non-hydrogen) atoms. The van der Waals surface area contributed by atoms with Crippen LogP contribution in [0, 0.1) is 0 Å². The molecule has 9 heteroatoms. The SMILES string of the molecule is O=P(O)(O)O.OB(O)Oc1ccccc1. The summed E-state index contributed by atoms with van der Waals surface area (Å²) in [6, 6.07) is 8.59. The van der Waals surface area contributed by atoms with E-state index in [9.17, 15) is 0 Å². The van der Waals surface area contributed by atoms with Crippen molar-refractivity contribution < 1.29 is 33.9 Å². The van der Waals surface area contributed by atoms with Crippen molar-refractivity contribution in [3.63, 3.8) is 0 Å². The van der Waals surface area contributed by atoms with Crippen LogP contribution in [0.2, 0.25) is 0 Å². The Morgan fingerprint density at radius 2 is 1.47 bits per heavy atom. The van der Waals surface area contributed by atoms with Crippen molar-refractivity contribution in [3.05, 3.63) is 30.3 Å². The molecule has 1 rings (SSSR count). The smallest absolute Gasteiger partial charge is 0.512 e. The third kappa shape index (κ3) is 13.1. The minimum absolute atomic E-state index is 0.442. The van der Waals surface area contributed by atoms with Gasteiger partial charge in [-0.2, -0.15) is 0 Å². The average molecular weight is 236 g/mol. The highest BCUT2D eigenvalue weighted by atomic mass is 31.2. The average Bonchev–Trinajstić information content (AvgIpc) is 2.01. The van der Waals surface area contributed by atoms with Gasteiger partial charge in [-0.05, 0) is 12.1 Å². The molecule has 0 fully saturated rings. The minimum atomic E-state index is -4.64. The molecule has 0 unspecified atom stereocenters. The fourth-order valence-corrected chi connectivity index (χ4v) is 0.621. The second-order valence-electron chi connectivity index (χ2n) is 2.27. The molecule has 1 aromatic carbocycles. The molecule has 0 saturated heterocycles. The first kappa shape index (κ1) is 14.1. The Hall–Kier alpha value is -0.885. The first-order chi connectivity index (χ1) is 6.79. The molecule has 0 spiro atoms. The fourth-order valence-electron chi connectivity index (χ4n) is 0.621. The molecular formula is C6H10BO7P. The molecule has 7 nitrogen and oxygen atoms in total. The van der Waals surface area contributed by atoms with Crippen LogP contribution in [0.1, 0.15) is 0 Å². The van der Waals surface area contributed by atoms with Gasteiger partial charge < -0.3 is 29.4 Å². The summed E-state index contributed by atoms with van der Waals surface area (Å²) in [5.41, 5.74) is 0. The maximum atomic E-state index is 8.88. The van der Waals surface area contributed by atoms with Crippen molar-refractivity contribution in [1.82, 2.24) is 0 Å². The molecule has 0 heterocycles. The largest absolute Gasteiger partial charge is 0.707 e. The monoisotopic (exact) mass is 236 g/mol. The number of hydrogen-bond donors (Lipinski definition) is 5. The van der Waals surface area contributed by atoms with Gasteiger partial charge in [0.2, 0.25) is 0 Å². The van der Waals surface area contributed by atoms with Crippen molar-refractivity contribution in [2.45, 2.75) is 0 Å². The Bertz CT molecular complexity index is 302. The van der Waals surface area contributed by atoms with E-state index in [2.05, 4.69) is 4.65 Å². The van der Waals surface area contributed by atoms with Crippen molar-refractivity contribution in [1.29, 1.82) is 0 Å². The van der Waals surface area contributed by atoms with Gasteiger partial charge >= 0.3 is 15.1 Å². The third-order valence-electron chi connectivity index (χ3n) is 0.985. The Labute approximate surface area is 86.0 Å². The van der Waals surface area contributed by atoms with E-state index in [0.29, 0.717) is 5.75 Å². The predicted octanol–water partition coefficient (Wildman–Crippen LogP) is -0.894. The molecule has 0 radical (unpaired) electrons. The minimum Gasteiger partial charge on any atom is -0.512 e. The van der Waals surface area contributed by atoms with Crippen molar-refractivity contribution in [3.8, 4) is 5.75 Å². The van der Waals surface area contributed by atoms with E-state index in [-0.39, 0.29) is 0 Å².